The number of hydrogen-bond donors (Lipinski definition) is 0. The molecule has 1 aromatic rings. The van der Waals surface area contributed by atoms with E-state index in [0.29, 0.717) is 6.61 Å². The van der Waals surface area contributed by atoms with Crippen LogP contribution in [0, 0.1) is 0 Å². The summed E-state index contributed by atoms with van der Waals surface area (Å²) in [5, 5.41) is 0. The fourth-order valence-corrected chi connectivity index (χ4v) is 4.25. The fraction of sp³-hybridized carbons (Fsp3) is 0.692. The Hall–Kier alpha value is -1.32. The standard InChI is InChI=1S/C26H46NO2/c1-11-27(12-2,18-20-28-13-3)25(7,8)17-19-29-26(9,10)23-16-14-15-22(21-23)24(4,5)6/h13-16,21H,3,11-12,17-20H2,1-2,4-10H3/q+1. The Bertz CT molecular complexity index is 636. The van der Waals surface area contributed by atoms with Crippen LogP contribution in [0.4, 0.5) is 0 Å². The lowest BCUT2D eigenvalue weighted by Gasteiger charge is -2.49. The van der Waals surface area contributed by atoms with Gasteiger partial charge < -0.3 is 14.0 Å². The van der Waals surface area contributed by atoms with Crippen molar-refractivity contribution in [2.45, 2.75) is 85.3 Å². The van der Waals surface area contributed by atoms with Crippen molar-refractivity contribution in [2.24, 2.45) is 0 Å². The Morgan fingerprint density at radius 2 is 1.52 bits per heavy atom. The molecule has 0 unspecified atom stereocenters. The quantitative estimate of drug-likeness (QED) is 0.227. The van der Waals surface area contributed by atoms with Crippen LogP contribution in [0.1, 0.15) is 79.9 Å². The van der Waals surface area contributed by atoms with E-state index in [0.717, 1.165) is 37.1 Å². The molecule has 0 aliphatic carbocycles. The molecule has 0 radical (unpaired) electrons. The van der Waals surface area contributed by atoms with E-state index >= 15 is 0 Å². The van der Waals surface area contributed by atoms with Crippen LogP contribution in [0.15, 0.2) is 37.1 Å². The lowest BCUT2D eigenvalue weighted by atomic mass is 9.84. The first-order chi connectivity index (χ1) is 13.3. The third-order valence-corrected chi connectivity index (χ3v) is 6.85. The molecular formula is C26H46NO2+. The molecule has 0 heterocycles. The molecule has 0 aliphatic rings. The van der Waals surface area contributed by atoms with Crippen LogP contribution in [-0.4, -0.2) is 42.9 Å². The van der Waals surface area contributed by atoms with Crippen LogP contribution in [0.5, 0.6) is 0 Å². The summed E-state index contributed by atoms with van der Waals surface area (Å²) in [5.74, 6) is 0. The number of quaternary nitrogens is 1. The molecule has 0 saturated heterocycles. The SMILES string of the molecule is C=COCC[N+](CC)(CC)C(C)(C)CCOC(C)(C)c1cccc(C(C)(C)C)c1. The summed E-state index contributed by atoms with van der Waals surface area (Å²) in [6, 6.07) is 8.85. The molecule has 29 heavy (non-hydrogen) atoms. The van der Waals surface area contributed by atoms with E-state index in [9.17, 15) is 0 Å². The van der Waals surface area contributed by atoms with Gasteiger partial charge in [0.15, 0.2) is 0 Å². The number of nitrogens with zero attached hydrogens (tertiary/aromatic N) is 1. The second-order valence-electron chi connectivity index (χ2n) is 10.3. The van der Waals surface area contributed by atoms with Crippen molar-refractivity contribution in [2.75, 3.05) is 32.8 Å². The van der Waals surface area contributed by atoms with E-state index < -0.39 is 0 Å². The summed E-state index contributed by atoms with van der Waals surface area (Å²) in [5.41, 5.74) is 2.53. The summed E-state index contributed by atoms with van der Waals surface area (Å²) < 4.78 is 12.9. The van der Waals surface area contributed by atoms with Gasteiger partial charge in [0.05, 0.1) is 37.1 Å². The summed E-state index contributed by atoms with van der Waals surface area (Å²) in [6.07, 6.45) is 2.55. The largest absolute Gasteiger partial charge is 0.496 e. The van der Waals surface area contributed by atoms with Gasteiger partial charge >= 0.3 is 0 Å². The van der Waals surface area contributed by atoms with Gasteiger partial charge in [-0.2, -0.15) is 0 Å². The van der Waals surface area contributed by atoms with E-state index in [2.05, 4.69) is 93.2 Å². The zero-order valence-electron chi connectivity index (χ0n) is 20.6. The minimum atomic E-state index is -0.308. The summed E-state index contributed by atoms with van der Waals surface area (Å²) in [6.45, 7) is 28.7. The van der Waals surface area contributed by atoms with Crippen molar-refractivity contribution in [3.63, 3.8) is 0 Å². The number of hydrogen-bond acceptors (Lipinski definition) is 2. The molecule has 1 rings (SSSR count). The highest BCUT2D eigenvalue weighted by atomic mass is 16.5. The highest BCUT2D eigenvalue weighted by molar-refractivity contribution is 5.31. The van der Waals surface area contributed by atoms with Crippen LogP contribution in [0.25, 0.3) is 0 Å². The van der Waals surface area contributed by atoms with Crippen molar-refractivity contribution in [3.05, 3.63) is 48.2 Å². The predicted molar refractivity (Wildman–Crippen MR) is 125 cm³/mol. The molecule has 0 amide bonds. The fourth-order valence-electron chi connectivity index (χ4n) is 4.25. The third kappa shape index (κ3) is 6.58. The minimum Gasteiger partial charge on any atom is -0.496 e. The van der Waals surface area contributed by atoms with E-state index in [1.165, 1.54) is 11.1 Å². The molecule has 1 aromatic carbocycles. The first-order valence-corrected chi connectivity index (χ1v) is 11.2. The molecule has 0 aliphatic heterocycles. The van der Waals surface area contributed by atoms with Gasteiger partial charge in [-0.15, -0.1) is 0 Å². The van der Waals surface area contributed by atoms with Crippen LogP contribution in [-0.2, 0) is 20.5 Å². The maximum atomic E-state index is 6.47. The average Bonchev–Trinajstić information content (AvgIpc) is 2.64. The van der Waals surface area contributed by atoms with E-state index in [4.69, 9.17) is 9.47 Å². The van der Waals surface area contributed by atoms with E-state index in [1.807, 2.05) is 0 Å². The summed E-state index contributed by atoms with van der Waals surface area (Å²) in [7, 11) is 0. The third-order valence-electron chi connectivity index (χ3n) is 6.85. The van der Waals surface area contributed by atoms with Gasteiger partial charge in [-0.05, 0) is 58.1 Å². The highest BCUT2D eigenvalue weighted by Gasteiger charge is 2.41. The Morgan fingerprint density at radius 1 is 0.931 bits per heavy atom. The Labute approximate surface area is 180 Å². The second-order valence-corrected chi connectivity index (χ2v) is 10.3. The monoisotopic (exact) mass is 404 g/mol. The number of rotatable bonds is 12. The van der Waals surface area contributed by atoms with E-state index in [1.54, 1.807) is 6.26 Å². The van der Waals surface area contributed by atoms with Crippen LogP contribution in [0.2, 0.25) is 0 Å². The Kier molecular flexibility index (Phi) is 8.98. The molecule has 0 bridgehead atoms. The minimum absolute atomic E-state index is 0.108. The maximum Gasteiger partial charge on any atom is 0.136 e. The molecule has 0 aromatic heterocycles. The molecule has 0 N–H and O–H groups in total. The van der Waals surface area contributed by atoms with Crippen molar-refractivity contribution in [3.8, 4) is 0 Å². The number of likely N-dealkylation sites (N-methyl/N-ethyl adjacent to an activating group) is 1. The molecule has 0 atom stereocenters. The Balaban J connectivity index is 2.86. The summed E-state index contributed by atoms with van der Waals surface area (Å²) in [4.78, 5) is 0. The molecule has 3 heteroatoms. The molecule has 0 spiro atoms. The average molecular weight is 405 g/mol. The molecule has 0 saturated carbocycles. The van der Waals surface area contributed by atoms with Gasteiger partial charge in [0.2, 0.25) is 0 Å². The zero-order valence-corrected chi connectivity index (χ0v) is 20.6. The maximum absolute atomic E-state index is 6.47. The van der Waals surface area contributed by atoms with Crippen molar-refractivity contribution < 1.29 is 14.0 Å². The highest BCUT2D eigenvalue weighted by Crippen LogP contribution is 2.32. The first-order valence-electron chi connectivity index (χ1n) is 11.2. The van der Waals surface area contributed by atoms with E-state index in [-0.39, 0.29) is 16.6 Å². The van der Waals surface area contributed by atoms with Crippen LogP contribution in [0.3, 0.4) is 0 Å². The van der Waals surface area contributed by atoms with Gasteiger partial charge in [0.1, 0.15) is 13.2 Å². The Morgan fingerprint density at radius 3 is 2.03 bits per heavy atom. The molecule has 0 fully saturated rings. The zero-order chi connectivity index (χ0) is 22.3. The van der Waals surface area contributed by atoms with Gasteiger partial charge in [-0.1, -0.05) is 51.6 Å². The normalized spacial score (nSPS) is 13.4. The lowest BCUT2D eigenvalue weighted by molar-refractivity contribution is -0.970. The van der Waals surface area contributed by atoms with Gasteiger partial charge in [0.25, 0.3) is 0 Å². The first kappa shape index (κ1) is 25.7. The van der Waals surface area contributed by atoms with Crippen molar-refractivity contribution in [1.29, 1.82) is 0 Å². The van der Waals surface area contributed by atoms with Gasteiger partial charge in [-0.3, -0.25) is 0 Å². The topological polar surface area (TPSA) is 18.5 Å². The molecular weight excluding hydrogens is 358 g/mol. The van der Waals surface area contributed by atoms with Crippen molar-refractivity contribution >= 4 is 0 Å². The molecule has 3 nitrogen and oxygen atoms in total. The second kappa shape index (κ2) is 10.1. The number of benzene rings is 1. The van der Waals surface area contributed by atoms with Crippen LogP contribution >= 0.6 is 0 Å². The number of ether oxygens (including phenoxy) is 2. The molecule has 166 valence electrons. The summed E-state index contributed by atoms with van der Waals surface area (Å²) >= 11 is 0. The van der Waals surface area contributed by atoms with Crippen LogP contribution < -0.4 is 0 Å². The van der Waals surface area contributed by atoms with Crippen molar-refractivity contribution in [1.82, 2.24) is 0 Å². The predicted octanol–water partition coefficient (Wildman–Crippen LogP) is 6.42. The van der Waals surface area contributed by atoms with Gasteiger partial charge in [0, 0.05) is 6.42 Å². The smallest absolute Gasteiger partial charge is 0.136 e. The lowest BCUT2D eigenvalue weighted by Crippen LogP contribution is -2.63. The van der Waals surface area contributed by atoms with Gasteiger partial charge in [-0.25, -0.2) is 0 Å².